The minimum absolute atomic E-state index is 0.199. The van der Waals surface area contributed by atoms with Gasteiger partial charge in [0.15, 0.2) is 11.4 Å². The van der Waals surface area contributed by atoms with Crippen LogP contribution in [0.15, 0.2) is 61.1 Å². The van der Waals surface area contributed by atoms with Crippen LogP contribution in [0.4, 0.5) is 5.82 Å². The maximum atomic E-state index is 13.3. The number of aliphatic hydroxyl groups is 1. The van der Waals surface area contributed by atoms with E-state index in [1.54, 1.807) is 24.3 Å². The van der Waals surface area contributed by atoms with E-state index in [2.05, 4.69) is 17.2 Å². The van der Waals surface area contributed by atoms with E-state index in [0.717, 1.165) is 36.8 Å². The highest BCUT2D eigenvalue weighted by Gasteiger charge is 2.47. The van der Waals surface area contributed by atoms with E-state index < -0.39 is 23.5 Å². The third-order valence-corrected chi connectivity index (χ3v) is 6.07. The minimum Gasteiger partial charge on any atom is -0.480 e. The number of carbonyl (C=O) groups excluding carboxylic acids is 1. The van der Waals surface area contributed by atoms with Gasteiger partial charge < -0.3 is 20.1 Å². The van der Waals surface area contributed by atoms with Crippen molar-refractivity contribution in [3.8, 4) is 11.1 Å². The van der Waals surface area contributed by atoms with Crippen LogP contribution >= 0.6 is 0 Å². The summed E-state index contributed by atoms with van der Waals surface area (Å²) < 4.78 is 1.50. The fourth-order valence-corrected chi connectivity index (χ4v) is 4.40. The summed E-state index contributed by atoms with van der Waals surface area (Å²) in [5.74, 6) is -1.37. The van der Waals surface area contributed by atoms with Gasteiger partial charge in [-0.15, -0.1) is 0 Å². The zero-order valence-electron chi connectivity index (χ0n) is 18.0. The molecule has 1 heterocycles. The van der Waals surface area contributed by atoms with Gasteiger partial charge in [0, 0.05) is 17.3 Å². The summed E-state index contributed by atoms with van der Waals surface area (Å²) in [6.07, 6.45) is 7.33. The predicted octanol–water partition coefficient (Wildman–Crippen LogP) is 4.33. The molecule has 3 N–H and O–H groups in total. The molecule has 0 spiro atoms. The third kappa shape index (κ3) is 3.80. The van der Waals surface area contributed by atoms with Crippen LogP contribution in [0.5, 0.6) is 0 Å². The number of carboxylic acids is 1. The topological polar surface area (TPSA) is 104 Å². The molecule has 4 rings (SSSR count). The van der Waals surface area contributed by atoms with Gasteiger partial charge in [0.2, 0.25) is 0 Å². The lowest BCUT2D eigenvalue weighted by Gasteiger charge is -2.24. The summed E-state index contributed by atoms with van der Waals surface area (Å²) in [6, 6.07) is 13.8. The smallest absolute Gasteiger partial charge is 0.326 e. The zero-order chi connectivity index (χ0) is 22.7. The van der Waals surface area contributed by atoms with Crippen LogP contribution in [0.25, 0.3) is 11.1 Å². The van der Waals surface area contributed by atoms with Gasteiger partial charge in [-0.3, -0.25) is 4.79 Å². The van der Waals surface area contributed by atoms with Crippen molar-refractivity contribution < 1.29 is 19.8 Å². The van der Waals surface area contributed by atoms with Gasteiger partial charge in [-0.2, -0.15) is 0 Å². The normalized spacial score (nSPS) is 14.4. The summed E-state index contributed by atoms with van der Waals surface area (Å²) in [5, 5.41) is 23.9. The first-order chi connectivity index (χ1) is 15.5. The van der Waals surface area contributed by atoms with Gasteiger partial charge in [-0.1, -0.05) is 81.1 Å². The number of anilines is 1. The molecule has 1 aliphatic carbocycles. The first kappa shape index (κ1) is 21.8. The molecule has 1 atom stereocenters. The third-order valence-electron chi connectivity index (χ3n) is 6.07. The molecule has 0 radical (unpaired) electrons. The van der Waals surface area contributed by atoms with Crippen molar-refractivity contribution in [2.75, 3.05) is 5.32 Å². The number of nitrogens with one attached hydrogen (secondary N) is 1. The number of aliphatic carboxylic acids is 1. The lowest BCUT2D eigenvalue weighted by molar-refractivity contribution is -0.141. The van der Waals surface area contributed by atoms with E-state index in [9.17, 15) is 19.8 Å². The molecule has 7 nitrogen and oxygen atoms in total. The van der Waals surface area contributed by atoms with E-state index in [-0.39, 0.29) is 5.82 Å². The molecule has 2 aromatic carbocycles. The van der Waals surface area contributed by atoms with Crippen LogP contribution < -0.4 is 5.32 Å². The predicted molar refractivity (Wildman–Crippen MR) is 121 cm³/mol. The van der Waals surface area contributed by atoms with Gasteiger partial charge >= 0.3 is 5.97 Å². The van der Waals surface area contributed by atoms with Crippen LogP contribution in [0.2, 0.25) is 0 Å². The molecular formula is C25H27N3O4. The highest BCUT2D eigenvalue weighted by atomic mass is 16.4. The van der Waals surface area contributed by atoms with E-state index in [1.165, 1.54) is 17.1 Å². The summed E-state index contributed by atoms with van der Waals surface area (Å²) in [4.78, 5) is 29.2. The summed E-state index contributed by atoms with van der Waals surface area (Å²) in [5.41, 5.74) is 0.784. The number of imidazole rings is 1. The van der Waals surface area contributed by atoms with E-state index in [0.29, 0.717) is 17.5 Å². The quantitative estimate of drug-likeness (QED) is 0.436. The molecule has 1 aliphatic rings. The summed E-state index contributed by atoms with van der Waals surface area (Å²) in [7, 11) is 0. The molecule has 1 aromatic heterocycles. The summed E-state index contributed by atoms with van der Waals surface area (Å²) in [6.45, 7) is 2.11. The second-order valence-electron chi connectivity index (χ2n) is 8.17. The highest BCUT2D eigenvalue weighted by Crippen LogP contribution is 2.47. The number of rotatable bonds is 9. The second kappa shape index (κ2) is 8.96. The second-order valence-corrected chi connectivity index (χ2v) is 8.17. The van der Waals surface area contributed by atoms with E-state index in [1.807, 2.05) is 24.3 Å². The standard InChI is InChI=1S/C25H27N3O4/c1-2-3-4-5-14-21(23(29)30)28-15-22(26-16-28)27-24(31)25(32)19-12-8-6-10-17(19)18-11-7-9-13-20(18)25/h6-13,15-16,21,32H,2-5,14H2,1H3,(H,27,31)(H,29,30). The lowest BCUT2D eigenvalue weighted by atomic mass is 9.90. The van der Waals surface area contributed by atoms with Gasteiger partial charge in [0.1, 0.15) is 6.04 Å². The van der Waals surface area contributed by atoms with Crippen molar-refractivity contribution in [1.82, 2.24) is 9.55 Å². The van der Waals surface area contributed by atoms with Crippen molar-refractivity contribution in [3.05, 3.63) is 72.2 Å². The number of carbonyl (C=O) groups is 2. The SMILES string of the molecule is CCCCCCC(C(=O)O)n1cnc(NC(=O)C2(O)c3ccccc3-c3ccccc32)c1. The average molecular weight is 434 g/mol. The number of benzene rings is 2. The number of unbranched alkanes of at least 4 members (excludes halogenated alkanes) is 3. The molecule has 0 fully saturated rings. The number of hydrogen-bond donors (Lipinski definition) is 3. The maximum absolute atomic E-state index is 13.3. The molecule has 0 saturated carbocycles. The van der Waals surface area contributed by atoms with Crippen molar-refractivity contribution in [2.45, 2.75) is 50.7 Å². The zero-order valence-corrected chi connectivity index (χ0v) is 18.0. The Hall–Kier alpha value is -3.45. The Labute approximate surface area is 186 Å². The van der Waals surface area contributed by atoms with Crippen LogP contribution in [0.3, 0.4) is 0 Å². The number of amides is 1. The van der Waals surface area contributed by atoms with Gasteiger partial charge in [0.25, 0.3) is 5.91 Å². The van der Waals surface area contributed by atoms with Crippen molar-refractivity contribution >= 4 is 17.7 Å². The molecule has 0 bridgehead atoms. The highest BCUT2D eigenvalue weighted by molar-refractivity contribution is 6.05. The number of fused-ring (bicyclic) bond motifs is 3. The minimum atomic E-state index is -1.86. The molecule has 166 valence electrons. The van der Waals surface area contributed by atoms with Crippen molar-refractivity contribution in [3.63, 3.8) is 0 Å². The number of carboxylic acid groups (broad SMARTS) is 1. The Kier molecular flexibility index (Phi) is 6.10. The first-order valence-corrected chi connectivity index (χ1v) is 11.0. The van der Waals surface area contributed by atoms with Crippen molar-refractivity contribution in [2.24, 2.45) is 0 Å². The van der Waals surface area contributed by atoms with Crippen LogP contribution in [-0.4, -0.2) is 31.6 Å². The Morgan fingerprint density at radius 1 is 1.03 bits per heavy atom. The number of hydrogen-bond acceptors (Lipinski definition) is 4. The van der Waals surface area contributed by atoms with E-state index >= 15 is 0 Å². The molecule has 3 aromatic rings. The Morgan fingerprint density at radius 2 is 1.66 bits per heavy atom. The van der Waals surface area contributed by atoms with Crippen molar-refractivity contribution in [1.29, 1.82) is 0 Å². The average Bonchev–Trinajstić information content (AvgIpc) is 3.35. The molecule has 7 heteroatoms. The Morgan fingerprint density at radius 3 is 2.25 bits per heavy atom. The van der Waals surface area contributed by atoms with Gasteiger partial charge in [0.05, 0.1) is 6.33 Å². The molecule has 0 saturated heterocycles. The molecule has 0 aliphatic heterocycles. The Bertz CT molecular complexity index is 1090. The molecule has 1 amide bonds. The fourth-order valence-electron chi connectivity index (χ4n) is 4.40. The lowest BCUT2D eigenvalue weighted by Crippen LogP contribution is -2.39. The van der Waals surface area contributed by atoms with E-state index in [4.69, 9.17) is 0 Å². The fraction of sp³-hybridized carbons (Fsp3) is 0.320. The maximum Gasteiger partial charge on any atom is 0.326 e. The van der Waals surface area contributed by atoms with Crippen LogP contribution in [0, 0.1) is 0 Å². The monoisotopic (exact) mass is 433 g/mol. The number of nitrogens with zero attached hydrogens (tertiary/aromatic N) is 2. The summed E-state index contributed by atoms with van der Waals surface area (Å²) >= 11 is 0. The number of aromatic nitrogens is 2. The molecule has 1 unspecified atom stereocenters. The van der Waals surface area contributed by atoms with Gasteiger partial charge in [-0.25, -0.2) is 9.78 Å². The molecular weight excluding hydrogens is 406 g/mol. The molecule has 32 heavy (non-hydrogen) atoms. The first-order valence-electron chi connectivity index (χ1n) is 11.0. The van der Waals surface area contributed by atoms with Gasteiger partial charge in [-0.05, 0) is 17.5 Å². The van der Waals surface area contributed by atoms with Crippen LogP contribution in [0.1, 0.15) is 56.2 Å². The Balaban J connectivity index is 1.56. The largest absolute Gasteiger partial charge is 0.480 e. The van der Waals surface area contributed by atoms with Crippen LogP contribution in [-0.2, 0) is 15.2 Å².